The molecule has 0 aliphatic rings. The zero-order valence-corrected chi connectivity index (χ0v) is 8.21. The SMILES string of the molecule is O[Si](O)(O)O.[AlH3].[Cu].[Zn]. The van der Waals surface area contributed by atoms with Gasteiger partial charge in [-0.3, -0.25) is 0 Å². The summed E-state index contributed by atoms with van der Waals surface area (Å²) in [5.74, 6) is 0. The summed E-state index contributed by atoms with van der Waals surface area (Å²) in [6, 6.07) is 0. The number of hydrogen-bond acceptors (Lipinski definition) is 4. The summed E-state index contributed by atoms with van der Waals surface area (Å²) < 4.78 is 0. The van der Waals surface area contributed by atoms with Crippen LogP contribution in [-0.4, -0.2) is 45.6 Å². The summed E-state index contributed by atoms with van der Waals surface area (Å²) in [6.45, 7) is 0. The van der Waals surface area contributed by atoms with Crippen LogP contribution in [0.25, 0.3) is 0 Å². The molecular formula is H7AlCuO4SiZn. The van der Waals surface area contributed by atoms with E-state index >= 15 is 0 Å². The minimum absolute atomic E-state index is 0. The first-order valence-electron chi connectivity index (χ1n) is 0.894. The molecule has 0 spiro atoms. The standard InChI is InChI=1S/Al.Cu.H4O4Si.Zn.3H/c;;1-5(2,3)4;;;;/h;;1-4H;;;;. The van der Waals surface area contributed by atoms with Crippen LogP contribution in [0, 0.1) is 0 Å². The largest absolute Gasteiger partial charge is 0.668 e. The summed E-state index contributed by atoms with van der Waals surface area (Å²) in [4.78, 5) is 29.3. The van der Waals surface area contributed by atoms with Gasteiger partial charge in [-0.15, -0.1) is 0 Å². The minimum atomic E-state index is -4.61. The number of rotatable bonds is 0. The minimum Gasteiger partial charge on any atom is -0.368 e. The fourth-order valence-corrected chi connectivity index (χ4v) is 0. The van der Waals surface area contributed by atoms with Crippen LogP contribution in [0.5, 0.6) is 0 Å². The Morgan fingerprint density at radius 1 is 0.875 bits per heavy atom. The summed E-state index contributed by atoms with van der Waals surface area (Å²) in [5.41, 5.74) is 0. The molecule has 0 atom stereocenters. The van der Waals surface area contributed by atoms with Crippen molar-refractivity contribution in [2.45, 2.75) is 0 Å². The van der Waals surface area contributed by atoms with Crippen LogP contribution < -0.4 is 0 Å². The zero-order valence-electron chi connectivity index (χ0n) is 3.30. The summed E-state index contributed by atoms with van der Waals surface area (Å²) in [5, 5.41) is 0. The summed E-state index contributed by atoms with van der Waals surface area (Å²) >= 11 is 0. The van der Waals surface area contributed by atoms with Crippen LogP contribution in [0.2, 0.25) is 0 Å². The Labute approximate surface area is 81.8 Å². The van der Waals surface area contributed by atoms with Crippen molar-refractivity contribution in [1.29, 1.82) is 0 Å². The molecule has 0 unspecified atom stereocenters. The van der Waals surface area contributed by atoms with Crippen molar-refractivity contribution in [1.82, 2.24) is 0 Å². The normalized spacial score (nSPS) is 7.50. The molecule has 0 aromatic carbocycles. The second kappa shape index (κ2) is 8.73. The van der Waals surface area contributed by atoms with E-state index in [1.165, 1.54) is 0 Å². The van der Waals surface area contributed by atoms with Crippen molar-refractivity contribution in [3.8, 4) is 0 Å². The van der Waals surface area contributed by atoms with Crippen LogP contribution in [0.4, 0.5) is 0 Å². The first-order valence-corrected chi connectivity index (χ1v) is 2.68. The van der Waals surface area contributed by atoms with Gasteiger partial charge in [0.15, 0.2) is 17.4 Å². The van der Waals surface area contributed by atoms with E-state index in [4.69, 9.17) is 19.2 Å². The molecule has 0 bridgehead atoms. The van der Waals surface area contributed by atoms with Crippen LogP contribution in [0.15, 0.2) is 0 Å². The predicted octanol–water partition coefficient (Wildman–Crippen LogP) is -3.80. The van der Waals surface area contributed by atoms with Crippen molar-refractivity contribution in [2.75, 3.05) is 0 Å². The Morgan fingerprint density at radius 2 is 0.875 bits per heavy atom. The maximum atomic E-state index is 7.33. The smallest absolute Gasteiger partial charge is 0.368 e. The second-order valence-corrected chi connectivity index (χ2v) is 1.80. The maximum absolute atomic E-state index is 7.33. The first-order chi connectivity index (χ1) is 2.00. The molecular weight excluding hydrogens is 248 g/mol. The average molecular weight is 255 g/mol. The van der Waals surface area contributed by atoms with Gasteiger partial charge in [-0.05, 0) is 0 Å². The third-order valence-corrected chi connectivity index (χ3v) is 0. The fourth-order valence-electron chi connectivity index (χ4n) is 0. The average Bonchev–Trinajstić information content (AvgIpc) is 0.722. The molecule has 0 saturated carbocycles. The summed E-state index contributed by atoms with van der Waals surface area (Å²) in [6.07, 6.45) is 0. The maximum Gasteiger partial charge on any atom is 0.668 e. The van der Waals surface area contributed by atoms with Gasteiger partial charge in [0.2, 0.25) is 0 Å². The molecule has 0 fully saturated rings. The van der Waals surface area contributed by atoms with E-state index in [0.29, 0.717) is 0 Å². The molecule has 0 aliphatic carbocycles. The van der Waals surface area contributed by atoms with Gasteiger partial charge < -0.3 is 19.2 Å². The summed E-state index contributed by atoms with van der Waals surface area (Å²) in [7, 11) is -4.61. The van der Waals surface area contributed by atoms with Crippen molar-refractivity contribution < 1.29 is 55.7 Å². The molecule has 0 aromatic heterocycles. The van der Waals surface area contributed by atoms with E-state index in [-0.39, 0.29) is 53.9 Å². The monoisotopic (exact) mass is 253 g/mol. The Kier molecular flexibility index (Phi) is 24.7. The molecule has 1 radical (unpaired) electrons. The van der Waals surface area contributed by atoms with Crippen molar-refractivity contribution >= 4 is 26.4 Å². The van der Waals surface area contributed by atoms with Crippen LogP contribution >= 0.6 is 0 Å². The van der Waals surface area contributed by atoms with Crippen LogP contribution in [0.1, 0.15) is 0 Å². The fraction of sp³-hybridized carbons (Fsp3) is 0. The molecule has 0 rings (SSSR count). The van der Waals surface area contributed by atoms with E-state index < -0.39 is 9.05 Å². The zero-order chi connectivity index (χ0) is 4.50. The molecule has 4 N–H and O–H groups in total. The third-order valence-electron chi connectivity index (χ3n) is 0. The second-order valence-electron chi connectivity index (χ2n) is 0.600. The molecule has 0 aliphatic heterocycles. The Morgan fingerprint density at radius 3 is 0.875 bits per heavy atom. The van der Waals surface area contributed by atoms with Gasteiger partial charge in [0.25, 0.3) is 0 Å². The number of hydrogen-bond donors (Lipinski definition) is 4. The van der Waals surface area contributed by atoms with E-state index in [0.717, 1.165) is 0 Å². The van der Waals surface area contributed by atoms with Gasteiger partial charge in [0.05, 0.1) is 0 Å². The molecule has 51 valence electrons. The Bertz CT molecular complexity index is 31.5. The molecule has 4 nitrogen and oxygen atoms in total. The topological polar surface area (TPSA) is 80.9 Å². The first kappa shape index (κ1) is 22.6. The van der Waals surface area contributed by atoms with Gasteiger partial charge in [-0.2, -0.15) is 0 Å². The van der Waals surface area contributed by atoms with Crippen LogP contribution in [0.3, 0.4) is 0 Å². The molecule has 0 aromatic rings. The van der Waals surface area contributed by atoms with Crippen molar-refractivity contribution in [3.63, 3.8) is 0 Å². The van der Waals surface area contributed by atoms with Gasteiger partial charge >= 0.3 is 9.05 Å². The molecule has 8 heteroatoms. The van der Waals surface area contributed by atoms with Gasteiger partial charge in [0.1, 0.15) is 0 Å². The third kappa shape index (κ3) is 117. The quantitative estimate of drug-likeness (QED) is 0.335. The Balaban J connectivity index is -0.0000000267. The molecule has 0 heterocycles. The van der Waals surface area contributed by atoms with Crippen molar-refractivity contribution in [2.24, 2.45) is 0 Å². The van der Waals surface area contributed by atoms with E-state index in [1.54, 1.807) is 0 Å². The van der Waals surface area contributed by atoms with Crippen molar-refractivity contribution in [3.05, 3.63) is 0 Å². The molecule has 0 amide bonds. The van der Waals surface area contributed by atoms with Gasteiger partial charge in [0, 0.05) is 36.5 Å². The van der Waals surface area contributed by atoms with E-state index in [2.05, 4.69) is 0 Å². The Hall–Kier alpha value is 1.73. The van der Waals surface area contributed by atoms with Gasteiger partial charge in [-0.1, -0.05) is 0 Å². The molecule has 8 heavy (non-hydrogen) atoms. The van der Waals surface area contributed by atoms with Gasteiger partial charge in [-0.25, -0.2) is 0 Å². The van der Waals surface area contributed by atoms with E-state index in [1.807, 2.05) is 0 Å². The van der Waals surface area contributed by atoms with E-state index in [9.17, 15) is 0 Å². The van der Waals surface area contributed by atoms with Crippen LogP contribution in [-0.2, 0) is 36.5 Å². The molecule has 0 saturated heterocycles. The predicted molar refractivity (Wildman–Crippen MR) is 24.6 cm³/mol.